The molecule has 0 aliphatic carbocycles. The van der Waals surface area contributed by atoms with Crippen molar-refractivity contribution in [3.05, 3.63) is 42.5 Å². The standard InChI is InChI=1S/C27H38N4O3/c1-3-24(32)11-5-4-6-12-25(29-26(33)20-31-17-15-30(2)16-18-31)27(34)28-23-14-13-21-9-7-8-10-22(21)19-23/h7-10,13-14,19,25H,3-6,11-12,15-18,20H2,1-2H3,(H,28,34)(H,29,33)/t25-/m0/s1. The van der Waals surface area contributed by atoms with E-state index in [-0.39, 0.29) is 17.6 Å². The van der Waals surface area contributed by atoms with Gasteiger partial charge in [-0.1, -0.05) is 50.1 Å². The van der Waals surface area contributed by atoms with Gasteiger partial charge in [-0.05, 0) is 42.8 Å². The maximum Gasteiger partial charge on any atom is 0.246 e. The molecular formula is C27H38N4O3. The number of nitrogens with zero attached hydrogens (tertiary/aromatic N) is 2. The van der Waals surface area contributed by atoms with E-state index in [1.165, 1.54) is 0 Å². The lowest BCUT2D eigenvalue weighted by molar-refractivity contribution is -0.127. The molecule has 2 N–H and O–H groups in total. The lowest BCUT2D eigenvalue weighted by atomic mass is 10.0. The Morgan fingerprint density at radius 1 is 0.941 bits per heavy atom. The van der Waals surface area contributed by atoms with Crippen molar-refractivity contribution in [1.29, 1.82) is 0 Å². The summed E-state index contributed by atoms with van der Waals surface area (Å²) in [5.41, 5.74) is 0.718. The molecule has 1 saturated heterocycles. The number of hydrogen-bond acceptors (Lipinski definition) is 5. The smallest absolute Gasteiger partial charge is 0.246 e. The predicted molar refractivity (Wildman–Crippen MR) is 137 cm³/mol. The Morgan fingerprint density at radius 3 is 2.41 bits per heavy atom. The summed E-state index contributed by atoms with van der Waals surface area (Å²) >= 11 is 0. The number of Topliss-reactive ketones (excluding diaryl/α,β-unsaturated/α-hetero) is 1. The van der Waals surface area contributed by atoms with Gasteiger partial charge in [-0.15, -0.1) is 0 Å². The van der Waals surface area contributed by atoms with Gasteiger partial charge in [-0.25, -0.2) is 0 Å². The number of amides is 2. The fourth-order valence-corrected chi connectivity index (χ4v) is 4.24. The van der Waals surface area contributed by atoms with Crippen molar-refractivity contribution < 1.29 is 14.4 Å². The van der Waals surface area contributed by atoms with Crippen LogP contribution in [0.5, 0.6) is 0 Å². The summed E-state index contributed by atoms with van der Waals surface area (Å²) in [7, 11) is 2.08. The number of piperazine rings is 1. The van der Waals surface area contributed by atoms with Gasteiger partial charge >= 0.3 is 0 Å². The molecule has 2 aromatic carbocycles. The number of hydrogen-bond donors (Lipinski definition) is 2. The zero-order valence-electron chi connectivity index (χ0n) is 20.5. The third kappa shape index (κ3) is 8.22. The molecule has 34 heavy (non-hydrogen) atoms. The van der Waals surface area contributed by atoms with Gasteiger partial charge in [0.15, 0.2) is 0 Å². The zero-order valence-corrected chi connectivity index (χ0v) is 20.5. The lowest BCUT2D eigenvalue weighted by Gasteiger charge is -2.32. The van der Waals surface area contributed by atoms with E-state index in [1.807, 2.05) is 49.4 Å². The summed E-state index contributed by atoms with van der Waals surface area (Å²) in [4.78, 5) is 41.8. The van der Waals surface area contributed by atoms with E-state index in [0.29, 0.717) is 25.8 Å². The predicted octanol–water partition coefficient (Wildman–Crippen LogP) is 3.44. The Labute approximate surface area is 202 Å². The first-order chi connectivity index (χ1) is 16.4. The first-order valence-corrected chi connectivity index (χ1v) is 12.5. The number of benzene rings is 2. The monoisotopic (exact) mass is 466 g/mol. The van der Waals surface area contributed by atoms with E-state index < -0.39 is 6.04 Å². The van der Waals surface area contributed by atoms with Crippen LogP contribution in [-0.4, -0.2) is 73.2 Å². The Morgan fingerprint density at radius 2 is 1.68 bits per heavy atom. The van der Waals surface area contributed by atoms with Gasteiger partial charge in [-0.2, -0.15) is 0 Å². The minimum absolute atomic E-state index is 0.121. The van der Waals surface area contributed by atoms with Crippen LogP contribution in [-0.2, 0) is 14.4 Å². The number of carbonyl (C=O) groups excluding carboxylic acids is 3. The summed E-state index contributed by atoms with van der Waals surface area (Å²) in [6, 6.07) is 13.2. The highest BCUT2D eigenvalue weighted by molar-refractivity contribution is 5.99. The van der Waals surface area contributed by atoms with Crippen LogP contribution in [0.25, 0.3) is 10.8 Å². The van der Waals surface area contributed by atoms with Crippen LogP contribution in [0.2, 0.25) is 0 Å². The van der Waals surface area contributed by atoms with Gasteiger partial charge in [0.05, 0.1) is 6.54 Å². The highest BCUT2D eigenvalue weighted by atomic mass is 16.2. The fraction of sp³-hybridized carbons (Fsp3) is 0.519. The quantitative estimate of drug-likeness (QED) is 0.469. The number of likely N-dealkylation sites (N-methyl/N-ethyl adjacent to an activating group) is 1. The number of carbonyl (C=O) groups is 3. The number of anilines is 1. The van der Waals surface area contributed by atoms with Crippen LogP contribution < -0.4 is 10.6 Å². The van der Waals surface area contributed by atoms with E-state index in [9.17, 15) is 14.4 Å². The van der Waals surface area contributed by atoms with Crippen LogP contribution in [0.15, 0.2) is 42.5 Å². The van der Waals surface area contributed by atoms with Crippen LogP contribution in [0, 0.1) is 0 Å². The SMILES string of the molecule is CCC(=O)CCCCC[C@H](NC(=O)CN1CCN(C)CC1)C(=O)Nc1ccc2ccccc2c1. The van der Waals surface area contributed by atoms with Gasteiger partial charge in [0.25, 0.3) is 0 Å². The highest BCUT2D eigenvalue weighted by Gasteiger charge is 2.23. The van der Waals surface area contributed by atoms with Crippen molar-refractivity contribution in [1.82, 2.24) is 15.1 Å². The van der Waals surface area contributed by atoms with E-state index in [2.05, 4.69) is 27.5 Å². The Hall–Kier alpha value is -2.77. The minimum atomic E-state index is -0.603. The zero-order chi connectivity index (χ0) is 24.3. The molecule has 0 bridgehead atoms. The summed E-state index contributed by atoms with van der Waals surface area (Å²) in [6.45, 7) is 5.77. The van der Waals surface area contributed by atoms with Crippen LogP contribution in [0.4, 0.5) is 5.69 Å². The van der Waals surface area contributed by atoms with Crippen LogP contribution >= 0.6 is 0 Å². The number of unbranched alkanes of at least 4 members (excludes halogenated alkanes) is 2. The van der Waals surface area contributed by atoms with Gasteiger partial charge in [-0.3, -0.25) is 19.3 Å². The molecule has 0 unspecified atom stereocenters. The molecule has 1 aliphatic rings. The summed E-state index contributed by atoms with van der Waals surface area (Å²) in [6.07, 6.45) is 4.16. The number of rotatable bonds is 12. The molecule has 1 heterocycles. The third-order valence-corrected chi connectivity index (χ3v) is 6.47. The van der Waals surface area contributed by atoms with Crippen molar-refractivity contribution in [2.45, 2.75) is 51.5 Å². The first kappa shape index (κ1) is 25.8. The molecule has 1 fully saturated rings. The maximum atomic E-state index is 13.1. The topological polar surface area (TPSA) is 81.8 Å². The van der Waals surface area contributed by atoms with Gasteiger partial charge < -0.3 is 15.5 Å². The second-order valence-electron chi connectivity index (χ2n) is 9.24. The molecule has 7 heteroatoms. The largest absolute Gasteiger partial charge is 0.343 e. The Balaban J connectivity index is 1.58. The van der Waals surface area contributed by atoms with Gasteiger partial charge in [0.2, 0.25) is 11.8 Å². The molecule has 2 aromatic rings. The molecule has 0 spiro atoms. The van der Waals surface area contributed by atoms with Crippen molar-refractivity contribution >= 4 is 34.1 Å². The van der Waals surface area contributed by atoms with Crippen molar-refractivity contribution in [2.75, 3.05) is 45.1 Å². The molecule has 0 radical (unpaired) electrons. The number of ketones is 1. The van der Waals surface area contributed by atoms with Gasteiger partial charge in [0.1, 0.15) is 11.8 Å². The summed E-state index contributed by atoms with van der Waals surface area (Å²) in [5, 5.41) is 8.12. The fourth-order valence-electron chi connectivity index (χ4n) is 4.24. The highest BCUT2D eigenvalue weighted by Crippen LogP contribution is 2.19. The van der Waals surface area contributed by atoms with Crippen LogP contribution in [0.3, 0.4) is 0 Å². The average molecular weight is 467 g/mol. The molecule has 2 amide bonds. The minimum Gasteiger partial charge on any atom is -0.343 e. The molecule has 7 nitrogen and oxygen atoms in total. The molecular weight excluding hydrogens is 428 g/mol. The normalized spacial score (nSPS) is 15.7. The summed E-state index contributed by atoms with van der Waals surface area (Å²) in [5.74, 6) is -0.0536. The lowest BCUT2D eigenvalue weighted by Crippen LogP contribution is -2.51. The Bertz CT molecular complexity index is 969. The van der Waals surface area contributed by atoms with E-state index >= 15 is 0 Å². The summed E-state index contributed by atoms with van der Waals surface area (Å²) < 4.78 is 0. The van der Waals surface area contributed by atoms with Crippen LogP contribution in [0.1, 0.15) is 45.4 Å². The van der Waals surface area contributed by atoms with Crippen molar-refractivity contribution in [3.63, 3.8) is 0 Å². The molecule has 1 aliphatic heterocycles. The molecule has 1 atom stereocenters. The van der Waals surface area contributed by atoms with E-state index in [1.54, 1.807) is 0 Å². The number of nitrogens with one attached hydrogen (secondary N) is 2. The third-order valence-electron chi connectivity index (χ3n) is 6.47. The van der Waals surface area contributed by atoms with Crippen molar-refractivity contribution in [2.24, 2.45) is 0 Å². The van der Waals surface area contributed by atoms with E-state index in [0.717, 1.165) is 61.9 Å². The maximum absolute atomic E-state index is 13.1. The molecule has 0 saturated carbocycles. The second kappa shape index (κ2) is 13.2. The van der Waals surface area contributed by atoms with E-state index in [4.69, 9.17) is 0 Å². The number of fused-ring (bicyclic) bond motifs is 1. The van der Waals surface area contributed by atoms with Crippen molar-refractivity contribution in [3.8, 4) is 0 Å². The molecule has 184 valence electrons. The average Bonchev–Trinajstić information content (AvgIpc) is 2.84. The second-order valence-corrected chi connectivity index (χ2v) is 9.24. The first-order valence-electron chi connectivity index (χ1n) is 12.5. The van der Waals surface area contributed by atoms with Gasteiger partial charge in [0, 0.05) is 44.7 Å². The molecule has 0 aromatic heterocycles. The Kier molecular flexibility index (Phi) is 10.0. The molecule has 3 rings (SSSR count).